The molecule has 0 aliphatic carbocycles. The maximum absolute atomic E-state index is 10.1. The van der Waals surface area contributed by atoms with E-state index in [-0.39, 0.29) is 45.1 Å². The van der Waals surface area contributed by atoms with Gasteiger partial charge in [-0.2, -0.15) is 0 Å². The molecule has 7 N–H and O–H groups in total. The molecule has 0 bridgehead atoms. The zero-order valence-electron chi connectivity index (χ0n) is 16.1. The fraction of sp³-hybridized carbons (Fsp3) is 1.00. The van der Waals surface area contributed by atoms with E-state index in [4.69, 9.17) is 4.74 Å². The molecule has 0 aromatic rings. The summed E-state index contributed by atoms with van der Waals surface area (Å²) < 4.78 is 5.58. The van der Waals surface area contributed by atoms with Crippen molar-refractivity contribution >= 4 is 0 Å². The normalized spacial score (nSPS) is 21.5. The average Bonchev–Trinajstić information content (AvgIpc) is 2.41. The Hall–Kier alpha value is -0.320. The van der Waals surface area contributed by atoms with Crippen LogP contribution in [0.25, 0.3) is 0 Å². The van der Waals surface area contributed by atoms with Crippen LogP contribution < -0.4 is 0 Å². The molecule has 0 radical (unpaired) electrons. The van der Waals surface area contributed by atoms with E-state index >= 15 is 0 Å². The van der Waals surface area contributed by atoms with Gasteiger partial charge in [0, 0.05) is 6.42 Å². The van der Waals surface area contributed by atoms with Crippen molar-refractivity contribution < 1.29 is 40.5 Å². The summed E-state index contributed by atoms with van der Waals surface area (Å²) in [5, 5.41) is 67.5. The lowest BCUT2D eigenvalue weighted by Crippen LogP contribution is -2.31. The summed E-state index contributed by atoms with van der Waals surface area (Å²) in [6.45, 7) is 4.63. The lowest BCUT2D eigenvalue weighted by atomic mass is 9.99. The quantitative estimate of drug-likeness (QED) is 0.196. The van der Waals surface area contributed by atoms with Crippen LogP contribution in [0.1, 0.15) is 59.3 Å². The van der Waals surface area contributed by atoms with Gasteiger partial charge in [0.1, 0.15) is 0 Å². The molecule has 26 heavy (non-hydrogen) atoms. The molecule has 8 heteroatoms. The SMILES string of the molecule is CC(O)CC(O)CC(O)COC(CC(C)O)CC(O)CC(O)CC(C)O. The fourth-order valence-corrected chi connectivity index (χ4v) is 2.94. The predicted molar refractivity (Wildman–Crippen MR) is 96.5 cm³/mol. The summed E-state index contributed by atoms with van der Waals surface area (Å²) in [4.78, 5) is 0. The standard InChI is InChI=1S/C18H38O8/c1-11(19)4-14(22)7-16(24)9-18(6-13(3)21)26-10-17(25)8-15(23)5-12(2)20/h11-25H,4-10H2,1-3H3. The zero-order chi connectivity index (χ0) is 20.3. The van der Waals surface area contributed by atoms with Crippen LogP contribution >= 0.6 is 0 Å². The van der Waals surface area contributed by atoms with Gasteiger partial charge in [0.15, 0.2) is 0 Å². The Kier molecular flexibility index (Phi) is 13.6. The van der Waals surface area contributed by atoms with Gasteiger partial charge in [-0.3, -0.25) is 0 Å². The molecule has 8 unspecified atom stereocenters. The second-order valence-corrected chi connectivity index (χ2v) is 7.53. The van der Waals surface area contributed by atoms with E-state index in [9.17, 15) is 35.7 Å². The van der Waals surface area contributed by atoms with Crippen LogP contribution in [-0.4, -0.2) is 91.2 Å². The van der Waals surface area contributed by atoms with Crippen molar-refractivity contribution in [3.05, 3.63) is 0 Å². The van der Waals surface area contributed by atoms with Crippen LogP contribution in [0.4, 0.5) is 0 Å². The minimum absolute atomic E-state index is 0.0575. The minimum atomic E-state index is -0.932. The van der Waals surface area contributed by atoms with E-state index in [1.807, 2.05) is 0 Å². The first kappa shape index (κ1) is 25.7. The molecule has 0 heterocycles. The molecule has 0 saturated heterocycles. The minimum Gasteiger partial charge on any atom is -0.393 e. The van der Waals surface area contributed by atoms with Crippen LogP contribution in [-0.2, 0) is 4.74 Å². The Morgan fingerprint density at radius 3 is 1.31 bits per heavy atom. The van der Waals surface area contributed by atoms with Gasteiger partial charge in [-0.15, -0.1) is 0 Å². The van der Waals surface area contributed by atoms with Gasteiger partial charge in [-0.05, 0) is 52.9 Å². The third-order valence-corrected chi connectivity index (χ3v) is 3.98. The summed E-state index contributed by atoms with van der Waals surface area (Å²) in [5.74, 6) is 0. The maximum atomic E-state index is 10.1. The second-order valence-electron chi connectivity index (χ2n) is 7.53. The third kappa shape index (κ3) is 14.8. The van der Waals surface area contributed by atoms with E-state index in [2.05, 4.69) is 0 Å². The van der Waals surface area contributed by atoms with Gasteiger partial charge in [0.05, 0.1) is 55.4 Å². The molecule has 8 nitrogen and oxygen atoms in total. The highest BCUT2D eigenvalue weighted by atomic mass is 16.5. The summed E-state index contributed by atoms with van der Waals surface area (Å²) in [5.41, 5.74) is 0. The molecule has 0 aliphatic rings. The first-order valence-electron chi connectivity index (χ1n) is 9.37. The number of hydrogen-bond donors (Lipinski definition) is 7. The molecule has 0 saturated carbocycles. The highest BCUT2D eigenvalue weighted by molar-refractivity contribution is 4.73. The molecule has 158 valence electrons. The maximum Gasteiger partial charge on any atom is 0.0798 e. The Balaban J connectivity index is 4.38. The van der Waals surface area contributed by atoms with Gasteiger partial charge in [0.25, 0.3) is 0 Å². The highest BCUT2D eigenvalue weighted by Crippen LogP contribution is 2.16. The molecule has 0 spiro atoms. The van der Waals surface area contributed by atoms with E-state index in [1.165, 1.54) is 0 Å². The van der Waals surface area contributed by atoms with Crippen LogP contribution in [0.5, 0.6) is 0 Å². The third-order valence-electron chi connectivity index (χ3n) is 3.98. The molecular formula is C18H38O8. The number of aliphatic hydroxyl groups excluding tert-OH is 7. The second kappa shape index (κ2) is 13.8. The Morgan fingerprint density at radius 1 is 0.500 bits per heavy atom. The fourth-order valence-electron chi connectivity index (χ4n) is 2.94. The molecule has 0 amide bonds. The molecule has 8 atom stereocenters. The number of ether oxygens (including phenoxy) is 1. The predicted octanol–water partition coefficient (Wildman–Crippen LogP) is -0.702. The largest absolute Gasteiger partial charge is 0.393 e. The summed E-state index contributed by atoms with van der Waals surface area (Å²) in [6, 6.07) is 0. The Morgan fingerprint density at radius 2 is 0.885 bits per heavy atom. The number of rotatable bonds is 15. The van der Waals surface area contributed by atoms with E-state index in [0.717, 1.165) is 0 Å². The van der Waals surface area contributed by atoms with Crippen molar-refractivity contribution in [3.8, 4) is 0 Å². The van der Waals surface area contributed by atoms with E-state index < -0.39 is 48.8 Å². The van der Waals surface area contributed by atoms with Gasteiger partial charge in [-0.25, -0.2) is 0 Å². The first-order valence-corrected chi connectivity index (χ1v) is 9.37. The average molecular weight is 382 g/mol. The number of aliphatic hydroxyl groups is 7. The van der Waals surface area contributed by atoms with Gasteiger partial charge in [0.2, 0.25) is 0 Å². The van der Waals surface area contributed by atoms with Crippen LogP contribution in [0, 0.1) is 0 Å². The van der Waals surface area contributed by atoms with Gasteiger partial charge >= 0.3 is 0 Å². The summed E-state index contributed by atoms with van der Waals surface area (Å²) in [6.07, 6.45) is -5.09. The van der Waals surface area contributed by atoms with Crippen LogP contribution in [0.2, 0.25) is 0 Å². The molecule has 0 fully saturated rings. The smallest absolute Gasteiger partial charge is 0.0798 e. The van der Waals surface area contributed by atoms with Crippen LogP contribution in [0.3, 0.4) is 0 Å². The molecule has 0 aromatic carbocycles. The number of hydrogen-bond acceptors (Lipinski definition) is 8. The lowest BCUT2D eigenvalue weighted by Gasteiger charge is -2.25. The Labute approximate surface area is 156 Å². The lowest BCUT2D eigenvalue weighted by molar-refractivity contribution is -0.0629. The molecule has 0 rings (SSSR count). The van der Waals surface area contributed by atoms with Crippen molar-refractivity contribution in [1.29, 1.82) is 0 Å². The van der Waals surface area contributed by atoms with Gasteiger partial charge < -0.3 is 40.5 Å². The Bertz CT molecular complexity index is 337. The summed E-state index contributed by atoms with van der Waals surface area (Å²) in [7, 11) is 0. The molecule has 0 aromatic heterocycles. The van der Waals surface area contributed by atoms with Crippen molar-refractivity contribution in [1.82, 2.24) is 0 Å². The molecular weight excluding hydrogens is 344 g/mol. The topological polar surface area (TPSA) is 151 Å². The van der Waals surface area contributed by atoms with Crippen molar-refractivity contribution in [2.45, 2.75) is 108 Å². The van der Waals surface area contributed by atoms with Crippen molar-refractivity contribution in [2.75, 3.05) is 6.61 Å². The zero-order valence-corrected chi connectivity index (χ0v) is 16.1. The van der Waals surface area contributed by atoms with Crippen molar-refractivity contribution in [2.24, 2.45) is 0 Å². The van der Waals surface area contributed by atoms with E-state index in [1.54, 1.807) is 20.8 Å². The summed E-state index contributed by atoms with van der Waals surface area (Å²) >= 11 is 0. The molecule has 0 aliphatic heterocycles. The van der Waals surface area contributed by atoms with Crippen LogP contribution in [0.15, 0.2) is 0 Å². The highest BCUT2D eigenvalue weighted by Gasteiger charge is 2.22. The monoisotopic (exact) mass is 382 g/mol. The van der Waals surface area contributed by atoms with E-state index in [0.29, 0.717) is 0 Å². The van der Waals surface area contributed by atoms with Gasteiger partial charge in [-0.1, -0.05) is 0 Å². The first-order chi connectivity index (χ1) is 12.0. The van der Waals surface area contributed by atoms with Crippen molar-refractivity contribution in [3.63, 3.8) is 0 Å².